The Kier molecular flexibility index (Phi) is 10.7. The fraction of sp³-hybridized carbons (Fsp3) is 0.739. The van der Waals surface area contributed by atoms with Gasteiger partial charge in [0.05, 0.1) is 30.7 Å². The van der Waals surface area contributed by atoms with Gasteiger partial charge in [-0.2, -0.15) is 23.5 Å². The monoisotopic (exact) mass is 525 g/mol. The molecule has 4 saturated heterocycles. The number of fused-ring (bicyclic) bond motifs is 2. The van der Waals surface area contributed by atoms with Crippen LogP contribution in [0.15, 0.2) is 0 Å². The molecule has 5 amide bonds. The normalized spacial score (nSPS) is 29.9. The van der Waals surface area contributed by atoms with E-state index < -0.39 is 5.97 Å². The lowest BCUT2D eigenvalue weighted by molar-refractivity contribution is -0.137. The standard InChI is InChI=1S/C13H19N3O2S.C10H16N2O3S/c1-2-7-14-11(17)6-4-3-5-10-12-9(8-19-10)15-13(18)16-12;13-8(14)4-2-1-3-7-9-6(5-16-7)11-10(15)12-9/h1,9-10,12H,3-8H2,(H,14,17)(H2,15,16,18);6-7,9H,1-5H2,(H,13,14)(H2,11,12,15). The van der Waals surface area contributed by atoms with E-state index in [1.165, 1.54) is 0 Å². The summed E-state index contributed by atoms with van der Waals surface area (Å²) in [6, 6.07) is 0.929. The minimum atomic E-state index is -0.729. The van der Waals surface area contributed by atoms with Crippen LogP contribution in [0.1, 0.15) is 51.4 Å². The number of thioether (sulfide) groups is 2. The summed E-state index contributed by atoms with van der Waals surface area (Å²) in [7, 11) is 0. The molecule has 4 heterocycles. The molecule has 0 radical (unpaired) electrons. The van der Waals surface area contributed by atoms with Gasteiger partial charge in [0.2, 0.25) is 5.91 Å². The van der Waals surface area contributed by atoms with Crippen molar-refractivity contribution < 1.29 is 24.3 Å². The zero-order valence-electron chi connectivity index (χ0n) is 19.7. The van der Waals surface area contributed by atoms with Crippen molar-refractivity contribution in [1.82, 2.24) is 26.6 Å². The van der Waals surface area contributed by atoms with Gasteiger partial charge in [-0.3, -0.25) is 9.59 Å². The summed E-state index contributed by atoms with van der Waals surface area (Å²) in [5.41, 5.74) is 0. The van der Waals surface area contributed by atoms with Gasteiger partial charge in [-0.25, -0.2) is 9.59 Å². The van der Waals surface area contributed by atoms with Crippen molar-refractivity contribution in [1.29, 1.82) is 0 Å². The van der Waals surface area contributed by atoms with Crippen LogP contribution < -0.4 is 26.6 Å². The summed E-state index contributed by atoms with van der Waals surface area (Å²) in [6.07, 6.45) is 11.4. The molecule has 0 aromatic heterocycles. The van der Waals surface area contributed by atoms with E-state index in [-0.39, 0.29) is 48.6 Å². The highest BCUT2D eigenvalue weighted by atomic mass is 32.2. The van der Waals surface area contributed by atoms with Crippen LogP contribution in [0.5, 0.6) is 0 Å². The van der Waals surface area contributed by atoms with Crippen LogP contribution in [-0.2, 0) is 9.59 Å². The van der Waals surface area contributed by atoms with Crippen LogP contribution >= 0.6 is 23.5 Å². The Morgan fingerprint density at radius 1 is 0.886 bits per heavy atom. The largest absolute Gasteiger partial charge is 0.481 e. The molecular formula is C23H35N5O5S2. The molecule has 0 aromatic carbocycles. The Labute approximate surface area is 214 Å². The lowest BCUT2D eigenvalue weighted by Crippen LogP contribution is -2.36. The van der Waals surface area contributed by atoms with Crippen molar-refractivity contribution in [3.63, 3.8) is 0 Å². The van der Waals surface area contributed by atoms with Crippen LogP contribution in [0.3, 0.4) is 0 Å². The molecular weight excluding hydrogens is 490 g/mol. The zero-order chi connectivity index (χ0) is 25.2. The van der Waals surface area contributed by atoms with Crippen molar-refractivity contribution in [2.24, 2.45) is 0 Å². The number of carbonyl (C=O) groups excluding carboxylic acids is 3. The summed E-state index contributed by atoms with van der Waals surface area (Å²) in [5, 5.41) is 23.8. The first kappa shape index (κ1) is 27.3. The molecule has 6 atom stereocenters. The minimum absolute atomic E-state index is 0.0192. The number of terminal acetylenes is 1. The third-order valence-electron chi connectivity index (χ3n) is 6.54. The summed E-state index contributed by atoms with van der Waals surface area (Å²) < 4.78 is 0. The molecule has 12 heteroatoms. The van der Waals surface area contributed by atoms with E-state index in [0.29, 0.717) is 23.5 Å². The molecule has 0 aliphatic carbocycles. The van der Waals surface area contributed by atoms with Gasteiger partial charge in [0.15, 0.2) is 0 Å². The van der Waals surface area contributed by atoms with E-state index in [4.69, 9.17) is 11.5 Å². The number of carboxylic acid groups (broad SMARTS) is 1. The van der Waals surface area contributed by atoms with E-state index in [9.17, 15) is 19.2 Å². The lowest BCUT2D eigenvalue weighted by Gasteiger charge is -2.16. The maximum Gasteiger partial charge on any atom is 0.315 e. The average molecular weight is 526 g/mol. The quantitative estimate of drug-likeness (QED) is 0.135. The minimum Gasteiger partial charge on any atom is -0.481 e. The van der Waals surface area contributed by atoms with Crippen molar-refractivity contribution in [3.05, 3.63) is 0 Å². The van der Waals surface area contributed by atoms with Gasteiger partial charge in [0, 0.05) is 34.8 Å². The summed E-state index contributed by atoms with van der Waals surface area (Å²) in [6.45, 7) is 0.304. The summed E-state index contributed by atoms with van der Waals surface area (Å²) in [4.78, 5) is 44.0. The molecule has 0 aromatic rings. The number of amides is 5. The van der Waals surface area contributed by atoms with Crippen LogP contribution in [0.4, 0.5) is 9.59 Å². The molecule has 0 spiro atoms. The predicted octanol–water partition coefficient (Wildman–Crippen LogP) is 1.26. The molecule has 6 N–H and O–H groups in total. The van der Waals surface area contributed by atoms with E-state index in [1.807, 2.05) is 23.5 Å². The second-order valence-electron chi connectivity index (χ2n) is 9.11. The number of hydrogen-bond donors (Lipinski definition) is 6. The topological polar surface area (TPSA) is 149 Å². The van der Waals surface area contributed by atoms with E-state index in [1.54, 1.807) is 0 Å². The van der Waals surface area contributed by atoms with E-state index in [2.05, 4.69) is 32.5 Å². The maximum absolute atomic E-state index is 11.3. The number of nitrogens with one attached hydrogen (secondary N) is 5. The number of urea groups is 2. The second-order valence-corrected chi connectivity index (χ2v) is 11.7. The third-order valence-corrected chi connectivity index (χ3v) is 9.55. The molecule has 4 aliphatic heterocycles. The first-order valence-electron chi connectivity index (χ1n) is 12.2. The van der Waals surface area contributed by atoms with Gasteiger partial charge < -0.3 is 31.7 Å². The maximum atomic E-state index is 11.3. The highest BCUT2D eigenvalue weighted by Gasteiger charge is 2.43. The molecule has 4 aliphatic rings. The highest BCUT2D eigenvalue weighted by molar-refractivity contribution is 8.00. The first-order chi connectivity index (χ1) is 16.9. The van der Waals surface area contributed by atoms with Gasteiger partial charge in [-0.15, -0.1) is 6.42 Å². The molecule has 194 valence electrons. The second kappa shape index (κ2) is 13.7. The molecule has 10 nitrogen and oxygen atoms in total. The molecule has 4 rings (SSSR count). The average Bonchev–Trinajstić information content (AvgIpc) is 3.55. The Balaban J connectivity index is 0.000000198. The Morgan fingerprint density at radius 3 is 1.89 bits per heavy atom. The molecule has 0 bridgehead atoms. The zero-order valence-corrected chi connectivity index (χ0v) is 21.3. The van der Waals surface area contributed by atoms with Crippen molar-refractivity contribution in [2.45, 2.75) is 86.0 Å². The SMILES string of the molecule is C#CCNC(=O)CCCCC1SCC2NC(=O)NC21.O=C(O)CCCCC1SCC2NC(=O)NC21. The fourth-order valence-corrected chi connectivity index (χ4v) is 7.86. The Morgan fingerprint density at radius 2 is 1.40 bits per heavy atom. The lowest BCUT2D eigenvalue weighted by atomic mass is 10.0. The van der Waals surface area contributed by atoms with Crippen LogP contribution in [0, 0.1) is 12.3 Å². The summed E-state index contributed by atoms with van der Waals surface area (Å²) >= 11 is 3.78. The summed E-state index contributed by atoms with van der Waals surface area (Å²) in [5.74, 6) is 3.62. The molecule has 4 fully saturated rings. The van der Waals surface area contributed by atoms with Gasteiger partial charge in [0.25, 0.3) is 0 Å². The third kappa shape index (κ3) is 8.42. The van der Waals surface area contributed by atoms with Gasteiger partial charge in [-0.05, 0) is 25.7 Å². The predicted molar refractivity (Wildman–Crippen MR) is 137 cm³/mol. The Hall–Kier alpha value is -2.26. The number of aliphatic carboxylic acids is 1. The van der Waals surface area contributed by atoms with Crippen molar-refractivity contribution >= 4 is 47.5 Å². The Bertz CT molecular complexity index is 823. The molecule has 0 saturated carbocycles. The number of rotatable bonds is 11. The molecule has 6 unspecified atom stereocenters. The van der Waals surface area contributed by atoms with Gasteiger partial charge >= 0.3 is 18.0 Å². The highest BCUT2D eigenvalue weighted by Crippen LogP contribution is 2.34. The van der Waals surface area contributed by atoms with Crippen LogP contribution in [0.2, 0.25) is 0 Å². The number of unbranched alkanes of at least 4 members (excludes halogenated alkanes) is 2. The van der Waals surface area contributed by atoms with Crippen molar-refractivity contribution in [2.75, 3.05) is 18.1 Å². The number of hydrogen-bond acceptors (Lipinski definition) is 6. The smallest absolute Gasteiger partial charge is 0.315 e. The molecule has 35 heavy (non-hydrogen) atoms. The van der Waals surface area contributed by atoms with E-state index in [0.717, 1.165) is 50.0 Å². The van der Waals surface area contributed by atoms with Gasteiger partial charge in [-0.1, -0.05) is 18.8 Å². The number of carboxylic acids is 1. The first-order valence-corrected chi connectivity index (χ1v) is 14.3. The fourth-order valence-electron chi connectivity index (χ4n) is 4.78. The van der Waals surface area contributed by atoms with Crippen LogP contribution in [-0.4, -0.2) is 81.8 Å². The van der Waals surface area contributed by atoms with Gasteiger partial charge in [0.1, 0.15) is 0 Å². The van der Waals surface area contributed by atoms with E-state index >= 15 is 0 Å². The van der Waals surface area contributed by atoms with Crippen LogP contribution in [0.25, 0.3) is 0 Å². The van der Waals surface area contributed by atoms with Crippen molar-refractivity contribution in [3.8, 4) is 12.3 Å². The number of carbonyl (C=O) groups is 4.